The van der Waals surface area contributed by atoms with E-state index in [4.69, 9.17) is 25.1 Å². The molecule has 0 saturated carbocycles. The molecule has 0 unspecified atom stereocenters. The Morgan fingerprint density at radius 3 is 2.00 bits per heavy atom. The minimum atomic E-state index is -5.67. The highest BCUT2D eigenvalue weighted by Crippen LogP contribution is 2.14. The van der Waals surface area contributed by atoms with Gasteiger partial charge in [-0.1, -0.05) is 25.4 Å². The third-order valence-electron chi connectivity index (χ3n) is 0.808. The third-order valence-corrected chi connectivity index (χ3v) is 1.04. The van der Waals surface area contributed by atoms with E-state index in [-0.39, 0.29) is 5.75 Å². The molecule has 0 aliphatic carbocycles. The van der Waals surface area contributed by atoms with Gasteiger partial charge in [0.15, 0.2) is 0 Å². The summed E-state index contributed by atoms with van der Waals surface area (Å²) in [6, 6.07) is 6.46. The first kappa shape index (κ1) is 12.1. The fourth-order valence-electron chi connectivity index (χ4n) is 0.476. The Morgan fingerprint density at radius 1 is 1.31 bits per heavy atom. The second-order valence-electron chi connectivity index (χ2n) is 1.86. The monoisotopic (exact) mass is 230 g/mol. The first-order chi connectivity index (χ1) is 5.79. The Morgan fingerprint density at radius 2 is 1.77 bits per heavy atom. The van der Waals surface area contributed by atoms with Crippen LogP contribution in [0.4, 0.5) is 7.77 Å². The van der Waals surface area contributed by atoms with Crippen LogP contribution in [0.5, 0.6) is 5.75 Å². The number of hydrogen-bond acceptors (Lipinski definition) is 3. The van der Waals surface area contributed by atoms with Crippen molar-refractivity contribution in [3.05, 3.63) is 29.3 Å². The molecule has 13 heavy (non-hydrogen) atoms. The quantitative estimate of drug-likeness (QED) is 0.696. The summed E-state index contributed by atoms with van der Waals surface area (Å²) in [6.45, 7) is 0. The topological polar surface area (TPSA) is 54.4 Å². The first-order valence-corrected chi connectivity index (χ1v) is 4.54. The fraction of sp³-hybridized carbons (Fsp3) is 0. The summed E-state index contributed by atoms with van der Waals surface area (Å²) in [4.78, 5) is 0. The molecule has 0 fully saturated rings. The lowest BCUT2D eigenvalue weighted by molar-refractivity contribution is 0.475. The molecule has 3 nitrogen and oxygen atoms in total. The Labute approximate surface area is 79.1 Å². The lowest BCUT2D eigenvalue weighted by Crippen LogP contribution is -1.69. The highest BCUT2D eigenvalue weighted by Gasteiger charge is 1.94. The maximum atomic E-state index is 9.99. The van der Waals surface area contributed by atoms with Crippen molar-refractivity contribution in [3.63, 3.8) is 0 Å². The molecule has 0 bridgehead atoms. The molecule has 1 aromatic rings. The summed E-state index contributed by atoms with van der Waals surface area (Å²) in [5.74, 6) is 0.206. The van der Waals surface area contributed by atoms with E-state index in [1.165, 1.54) is 6.07 Å². The molecule has 0 atom stereocenters. The van der Waals surface area contributed by atoms with Crippen LogP contribution in [-0.2, 0) is 10.6 Å². The smallest absolute Gasteiger partial charge is 0.476 e. The van der Waals surface area contributed by atoms with Gasteiger partial charge in [-0.15, -0.1) is 0 Å². The summed E-state index contributed by atoms with van der Waals surface area (Å²) in [5, 5.41) is 9.29. The van der Waals surface area contributed by atoms with Gasteiger partial charge in [-0.05, 0) is 18.2 Å². The van der Waals surface area contributed by atoms with E-state index in [1.807, 2.05) is 0 Å². The van der Waals surface area contributed by atoms with Crippen LogP contribution in [-0.4, -0.2) is 13.5 Å². The molecule has 74 valence electrons. The van der Waals surface area contributed by atoms with Crippen LogP contribution in [0.1, 0.15) is 0 Å². The highest BCUT2D eigenvalue weighted by molar-refractivity contribution is 7.81. The van der Waals surface area contributed by atoms with Gasteiger partial charge in [0.05, 0.1) is 0 Å². The van der Waals surface area contributed by atoms with Crippen LogP contribution in [0.2, 0.25) is 5.02 Å². The van der Waals surface area contributed by atoms with Gasteiger partial charge in [-0.25, -0.2) is 0 Å². The molecule has 0 heterocycles. The number of halogens is 3. The molecule has 0 amide bonds. The standard InChI is InChI=1S/C6H5ClO.F2O2S/c7-5-2-1-3-6(8)4-5;1-5(2,3)4/h1-4,8H;. The van der Waals surface area contributed by atoms with Crippen molar-refractivity contribution in [3.8, 4) is 5.75 Å². The van der Waals surface area contributed by atoms with Crippen LogP contribution >= 0.6 is 11.6 Å². The Hall–Kier alpha value is -0.880. The molecule has 0 aliphatic heterocycles. The number of aromatic hydroxyl groups is 1. The number of rotatable bonds is 0. The largest absolute Gasteiger partial charge is 0.508 e. The van der Waals surface area contributed by atoms with Gasteiger partial charge in [0.1, 0.15) is 5.75 Å². The van der Waals surface area contributed by atoms with Crippen LogP contribution < -0.4 is 0 Å². The first-order valence-electron chi connectivity index (χ1n) is 2.88. The molecular weight excluding hydrogens is 226 g/mol. The zero-order valence-corrected chi connectivity index (χ0v) is 7.69. The lowest BCUT2D eigenvalue weighted by atomic mass is 10.3. The summed E-state index contributed by atoms with van der Waals surface area (Å²) in [7, 11) is -5.67. The predicted molar refractivity (Wildman–Crippen MR) is 44.3 cm³/mol. The van der Waals surface area contributed by atoms with Gasteiger partial charge >= 0.3 is 10.6 Å². The van der Waals surface area contributed by atoms with Crippen LogP contribution in [0.25, 0.3) is 0 Å². The molecule has 0 aromatic heterocycles. The van der Waals surface area contributed by atoms with Gasteiger partial charge in [0.25, 0.3) is 0 Å². The van der Waals surface area contributed by atoms with Gasteiger partial charge in [-0.2, -0.15) is 8.42 Å². The maximum Gasteiger partial charge on any atom is 0.476 e. The van der Waals surface area contributed by atoms with Gasteiger partial charge in [0, 0.05) is 5.02 Å². The van der Waals surface area contributed by atoms with Crippen molar-refractivity contribution >= 4 is 22.2 Å². The van der Waals surface area contributed by atoms with E-state index in [0.29, 0.717) is 5.02 Å². The van der Waals surface area contributed by atoms with Gasteiger partial charge in [-0.3, -0.25) is 0 Å². The predicted octanol–water partition coefficient (Wildman–Crippen LogP) is 2.22. The van der Waals surface area contributed by atoms with Crippen molar-refractivity contribution in [1.82, 2.24) is 0 Å². The SMILES string of the molecule is O=S(=O)(F)F.Oc1cccc(Cl)c1. The zero-order valence-electron chi connectivity index (χ0n) is 6.12. The molecule has 1 rings (SSSR count). The van der Waals surface area contributed by atoms with E-state index in [1.54, 1.807) is 18.2 Å². The highest BCUT2D eigenvalue weighted by atomic mass is 35.5. The Bertz CT molecular complexity index is 341. The molecule has 7 heteroatoms. The number of hydrogen-bond donors (Lipinski definition) is 1. The Kier molecular flexibility index (Phi) is 4.64. The van der Waals surface area contributed by atoms with Crippen molar-refractivity contribution in [2.24, 2.45) is 0 Å². The summed E-state index contributed by atoms with van der Waals surface area (Å²) < 4.78 is 36.6. The van der Waals surface area contributed by atoms with Crippen LogP contribution in [0, 0.1) is 0 Å². The third kappa shape index (κ3) is 11.1. The maximum absolute atomic E-state index is 9.99. The molecule has 1 aromatic carbocycles. The normalized spacial score (nSPS) is 10.1. The number of phenols is 1. The van der Waals surface area contributed by atoms with E-state index in [2.05, 4.69) is 0 Å². The molecule has 0 aliphatic rings. The second kappa shape index (κ2) is 4.98. The van der Waals surface area contributed by atoms with Crippen molar-refractivity contribution in [1.29, 1.82) is 0 Å². The van der Waals surface area contributed by atoms with Crippen molar-refractivity contribution < 1.29 is 21.3 Å². The average molecular weight is 231 g/mol. The summed E-state index contributed by atoms with van der Waals surface area (Å²) in [6.07, 6.45) is 0. The zero-order chi connectivity index (χ0) is 10.5. The van der Waals surface area contributed by atoms with E-state index in [0.717, 1.165) is 0 Å². The van der Waals surface area contributed by atoms with Crippen LogP contribution in [0.3, 0.4) is 0 Å². The second-order valence-corrected chi connectivity index (χ2v) is 3.05. The minimum Gasteiger partial charge on any atom is -0.508 e. The molecule has 0 saturated heterocycles. The minimum absolute atomic E-state index is 0.206. The fourth-order valence-corrected chi connectivity index (χ4v) is 0.661. The molecular formula is C6H5ClF2O3S. The van der Waals surface area contributed by atoms with Gasteiger partial charge in [0.2, 0.25) is 0 Å². The van der Waals surface area contributed by atoms with E-state index in [9.17, 15) is 7.77 Å². The average Bonchev–Trinajstić information content (AvgIpc) is 1.81. The Balaban J connectivity index is 0.000000252. The molecule has 0 spiro atoms. The van der Waals surface area contributed by atoms with E-state index < -0.39 is 10.6 Å². The van der Waals surface area contributed by atoms with Crippen LogP contribution in [0.15, 0.2) is 24.3 Å². The van der Waals surface area contributed by atoms with E-state index >= 15 is 0 Å². The molecule has 0 radical (unpaired) electrons. The van der Waals surface area contributed by atoms with Crippen molar-refractivity contribution in [2.75, 3.05) is 0 Å². The van der Waals surface area contributed by atoms with Gasteiger partial charge < -0.3 is 5.11 Å². The number of benzene rings is 1. The lowest BCUT2D eigenvalue weighted by Gasteiger charge is -1.88. The molecule has 1 N–H and O–H groups in total. The van der Waals surface area contributed by atoms with Crippen molar-refractivity contribution in [2.45, 2.75) is 0 Å². The summed E-state index contributed by atoms with van der Waals surface area (Å²) in [5.41, 5.74) is 0. The number of phenolic OH excluding ortho intramolecular Hbond substituents is 1. The summed E-state index contributed by atoms with van der Waals surface area (Å²) >= 11 is 5.48.